The van der Waals surface area contributed by atoms with Crippen molar-refractivity contribution in [2.45, 2.75) is 20.8 Å². The highest BCUT2D eigenvalue weighted by Gasteiger charge is 2.80. The van der Waals surface area contributed by atoms with E-state index in [4.69, 9.17) is 0 Å². The monoisotopic (exact) mass is 348 g/mol. The highest BCUT2D eigenvalue weighted by molar-refractivity contribution is 6.64. The first kappa shape index (κ1) is 16.2. The molecule has 4 amide bonds. The van der Waals surface area contributed by atoms with E-state index in [9.17, 15) is 19.2 Å². The number of anilines is 2. The van der Waals surface area contributed by atoms with Crippen LogP contribution in [0.4, 0.5) is 11.4 Å². The first-order chi connectivity index (χ1) is 12.3. The van der Waals surface area contributed by atoms with E-state index >= 15 is 0 Å². The van der Waals surface area contributed by atoms with Crippen molar-refractivity contribution in [3.63, 3.8) is 0 Å². The van der Waals surface area contributed by atoms with Gasteiger partial charge in [-0.05, 0) is 55.7 Å². The number of hydrogen-bond acceptors (Lipinski definition) is 4. The van der Waals surface area contributed by atoms with Crippen molar-refractivity contribution in [3.8, 4) is 0 Å². The Bertz CT molecular complexity index is 976. The number of para-hydroxylation sites is 1. The molecule has 2 aromatic rings. The van der Waals surface area contributed by atoms with Crippen LogP contribution in [0, 0.1) is 26.2 Å². The fraction of sp³-hybridized carbons (Fsp3) is 0.200. The minimum Gasteiger partial charge on any atom is -0.272 e. The number of carbonyl (C=O) groups is 4. The lowest BCUT2D eigenvalue weighted by Crippen LogP contribution is -2.85. The van der Waals surface area contributed by atoms with Crippen molar-refractivity contribution >= 4 is 35.0 Å². The molecule has 2 saturated heterocycles. The standard InChI is InChI=1S/C20H16N2O4/c1-11-9-13(3)15(10-12(11)2)22-18(25)20(19(22)26)16(23)21(17(20)24)14-7-5-4-6-8-14/h4-10H,1-3H3. The average Bonchev–Trinajstić information content (AvgIpc) is 2.61. The van der Waals surface area contributed by atoms with E-state index in [0.29, 0.717) is 11.4 Å². The quantitative estimate of drug-likeness (QED) is 0.615. The van der Waals surface area contributed by atoms with E-state index in [1.54, 1.807) is 43.3 Å². The normalized spacial score (nSPS) is 18.3. The van der Waals surface area contributed by atoms with Crippen molar-refractivity contribution in [1.29, 1.82) is 0 Å². The number of rotatable bonds is 2. The molecule has 2 fully saturated rings. The van der Waals surface area contributed by atoms with Gasteiger partial charge in [0.15, 0.2) is 0 Å². The van der Waals surface area contributed by atoms with E-state index in [0.717, 1.165) is 26.5 Å². The maximum atomic E-state index is 12.8. The number of β-lactam (4-membered cyclic amide) rings is 4. The van der Waals surface area contributed by atoms with Crippen LogP contribution in [0.2, 0.25) is 0 Å². The summed E-state index contributed by atoms with van der Waals surface area (Å²) in [6.45, 7) is 5.59. The molecule has 0 aliphatic carbocycles. The highest BCUT2D eigenvalue weighted by atomic mass is 16.2. The van der Waals surface area contributed by atoms with Crippen molar-refractivity contribution in [2.75, 3.05) is 9.80 Å². The zero-order valence-corrected chi connectivity index (χ0v) is 14.6. The van der Waals surface area contributed by atoms with Crippen LogP contribution in [-0.2, 0) is 19.2 Å². The Labute approximate surface area is 150 Å². The van der Waals surface area contributed by atoms with Gasteiger partial charge < -0.3 is 0 Å². The molecule has 6 nitrogen and oxygen atoms in total. The molecule has 0 N–H and O–H groups in total. The Kier molecular flexibility index (Phi) is 3.18. The van der Waals surface area contributed by atoms with Gasteiger partial charge in [-0.2, -0.15) is 0 Å². The van der Waals surface area contributed by atoms with Gasteiger partial charge in [0.1, 0.15) is 0 Å². The molecule has 0 unspecified atom stereocenters. The molecule has 1 spiro atoms. The summed E-state index contributed by atoms with van der Waals surface area (Å²) in [5.74, 6) is -3.09. The summed E-state index contributed by atoms with van der Waals surface area (Å²) < 4.78 is 0. The number of hydrogen-bond donors (Lipinski definition) is 0. The highest BCUT2D eigenvalue weighted by Crippen LogP contribution is 2.49. The molecule has 130 valence electrons. The summed E-state index contributed by atoms with van der Waals surface area (Å²) in [6, 6.07) is 11.9. The summed E-state index contributed by atoms with van der Waals surface area (Å²) in [7, 11) is 0. The second-order valence-electron chi connectivity index (χ2n) is 6.70. The third-order valence-electron chi connectivity index (χ3n) is 5.16. The summed E-state index contributed by atoms with van der Waals surface area (Å²) in [6.07, 6.45) is 0. The Balaban J connectivity index is 1.70. The fourth-order valence-electron chi connectivity index (χ4n) is 3.51. The van der Waals surface area contributed by atoms with Crippen LogP contribution >= 0.6 is 0 Å². The fourth-order valence-corrected chi connectivity index (χ4v) is 3.51. The number of benzene rings is 2. The van der Waals surface area contributed by atoms with Crippen LogP contribution in [0.5, 0.6) is 0 Å². The van der Waals surface area contributed by atoms with Crippen molar-refractivity contribution in [1.82, 2.24) is 0 Å². The predicted octanol–water partition coefficient (Wildman–Crippen LogP) is 2.04. The third-order valence-corrected chi connectivity index (χ3v) is 5.16. The van der Waals surface area contributed by atoms with Crippen LogP contribution in [0.25, 0.3) is 0 Å². The molecule has 2 heterocycles. The van der Waals surface area contributed by atoms with Crippen LogP contribution in [0.1, 0.15) is 16.7 Å². The Morgan fingerprint density at radius 1 is 0.654 bits per heavy atom. The summed E-state index contributed by atoms with van der Waals surface area (Å²) in [4.78, 5) is 52.6. The van der Waals surface area contributed by atoms with Crippen molar-refractivity contribution in [2.24, 2.45) is 5.41 Å². The number of carbonyl (C=O) groups excluding carboxylic acids is 4. The SMILES string of the molecule is Cc1cc(C)c(N2C(=O)C3(C(=O)N(c4ccccc4)C3=O)C2=O)cc1C. The van der Waals surface area contributed by atoms with Gasteiger partial charge in [-0.3, -0.25) is 19.2 Å². The minimum absolute atomic E-state index is 0.356. The summed E-state index contributed by atoms with van der Waals surface area (Å²) in [5.41, 5.74) is 1.28. The number of nitrogens with zero attached hydrogens (tertiary/aromatic N) is 2. The van der Waals surface area contributed by atoms with Gasteiger partial charge in [-0.15, -0.1) is 0 Å². The topological polar surface area (TPSA) is 74.8 Å². The summed E-state index contributed by atoms with van der Waals surface area (Å²) >= 11 is 0. The molecule has 26 heavy (non-hydrogen) atoms. The van der Waals surface area contributed by atoms with Crippen LogP contribution in [-0.4, -0.2) is 23.6 Å². The molecule has 6 heteroatoms. The largest absolute Gasteiger partial charge is 0.286 e. The molecule has 0 radical (unpaired) electrons. The molecule has 0 bridgehead atoms. The predicted molar refractivity (Wildman–Crippen MR) is 94.5 cm³/mol. The first-order valence-corrected chi connectivity index (χ1v) is 8.22. The van der Waals surface area contributed by atoms with Gasteiger partial charge >= 0.3 is 0 Å². The van der Waals surface area contributed by atoms with Gasteiger partial charge in [0.25, 0.3) is 29.0 Å². The van der Waals surface area contributed by atoms with Crippen LogP contribution in [0.3, 0.4) is 0 Å². The summed E-state index contributed by atoms with van der Waals surface area (Å²) in [5, 5.41) is 0. The first-order valence-electron chi connectivity index (χ1n) is 8.22. The Hall–Kier alpha value is -3.28. The van der Waals surface area contributed by atoms with Gasteiger partial charge in [-0.25, -0.2) is 9.80 Å². The lowest BCUT2D eigenvalue weighted by Gasteiger charge is -2.52. The lowest BCUT2D eigenvalue weighted by molar-refractivity contribution is -0.169. The molecular weight excluding hydrogens is 332 g/mol. The van der Waals surface area contributed by atoms with E-state index < -0.39 is 29.0 Å². The number of imide groups is 2. The molecule has 4 rings (SSSR count). The van der Waals surface area contributed by atoms with Crippen LogP contribution < -0.4 is 9.80 Å². The van der Waals surface area contributed by atoms with Crippen LogP contribution in [0.15, 0.2) is 42.5 Å². The average molecular weight is 348 g/mol. The van der Waals surface area contributed by atoms with E-state index in [1.807, 2.05) is 19.9 Å². The number of amides is 4. The van der Waals surface area contributed by atoms with Gasteiger partial charge in [0, 0.05) is 0 Å². The Morgan fingerprint density at radius 2 is 1.15 bits per heavy atom. The maximum Gasteiger partial charge on any atom is 0.286 e. The molecule has 0 saturated carbocycles. The molecule has 2 aliphatic rings. The van der Waals surface area contributed by atoms with Gasteiger partial charge in [0.05, 0.1) is 11.4 Å². The van der Waals surface area contributed by atoms with Gasteiger partial charge in [-0.1, -0.05) is 24.3 Å². The molecule has 0 atom stereocenters. The molecule has 2 aromatic carbocycles. The Morgan fingerprint density at radius 3 is 1.73 bits per heavy atom. The van der Waals surface area contributed by atoms with Crippen molar-refractivity contribution < 1.29 is 19.2 Å². The third kappa shape index (κ3) is 1.71. The smallest absolute Gasteiger partial charge is 0.272 e. The molecule has 0 aromatic heterocycles. The van der Waals surface area contributed by atoms with Gasteiger partial charge in [0.2, 0.25) is 0 Å². The molecular formula is C20H16N2O4. The maximum absolute atomic E-state index is 12.8. The lowest BCUT2D eigenvalue weighted by atomic mass is 9.68. The number of aryl methyl sites for hydroxylation is 3. The second kappa shape index (κ2) is 5.11. The van der Waals surface area contributed by atoms with Crippen molar-refractivity contribution in [3.05, 3.63) is 59.2 Å². The van der Waals surface area contributed by atoms with E-state index in [1.165, 1.54) is 0 Å². The molecule has 2 aliphatic heterocycles. The van der Waals surface area contributed by atoms with E-state index in [2.05, 4.69) is 0 Å². The zero-order chi connectivity index (χ0) is 18.8. The zero-order valence-electron chi connectivity index (χ0n) is 14.6. The van der Waals surface area contributed by atoms with E-state index in [-0.39, 0.29) is 0 Å². The second-order valence-corrected chi connectivity index (χ2v) is 6.70. The minimum atomic E-state index is -2.19.